The van der Waals surface area contributed by atoms with Crippen LogP contribution in [0.25, 0.3) is 21.7 Å². The van der Waals surface area contributed by atoms with Crippen molar-refractivity contribution in [3.8, 4) is 0 Å². The molecule has 126 valence electrons. The minimum Gasteiger partial charge on any atom is -0.322 e. The van der Waals surface area contributed by atoms with Crippen molar-refractivity contribution in [1.29, 1.82) is 0 Å². The molecule has 26 heavy (non-hydrogen) atoms. The predicted octanol–water partition coefficient (Wildman–Crippen LogP) is 3.98. The summed E-state index contributed by atoms with van der Waals surface area (Å²) in [7, 11) is 0. The second-order valence-electron chi connectivity index (χ2n) is 6.45. The van der Waals surface area contributed by atoms with Crippen molar-refractivity contribution < 1.29 is 9.18 Å². The molecule has 5 rings (SSSR count). The van der Waals surface area contributed by atoms with Crippen LogP contribution in [0.15, 0.2) is 59.4 Å². The van der Waals surface area contributed by atoms with Gasteiger partial charge in [0.15, 0.2) is 0 Å². The van der Waals surface area contributed by atoms with Crippen LogP contribution in [0.1, 0.15) is 21.5 Å². The zero-order valence-corrected chi connectivity index (χ0v) is 13.6. The monoisotopic (exact) mass is 344 g/mol. The fourth-order valence-corrected chi connectivity index (χ4v) is 3.75. The third-order valence-electron chi connectivity index (χ3n) is 4.93. The van der Waals surface area contributed by atoms with Crippen LogP contribution >= 0.6 is 0 Å². The van der Waals surface area contributed by atoms with E-state index in [9.17, 15) is 14.0 Å². The zero-order chi connectivity index (χ0) is 17.8. The van der Waals surface area contributed by atoms with E-state index in [1.165, 1.54) is 24.3 Å². The van der Waals surface area contributed by atoms with Crippen LogP contribution in [-0.4, -0.2) is 10.9 Å². The Kier molecular flexibility index (Phi) is 3.00. The van der Waals surface area contributed by atoms with Gasteiger partial charge in [0, 0.05) is 39.3 Å². The topological polar surface area (TPSA) is 62.0 Å². The van der Waals surface area contributed by atoms with E-state index >= 15 is 0 Å². The summed E-state index contributed by atoms with van der Waals surface area (Å²) in [6, 6.07) is 14.7. The molecular weight excluding hydrogens is 331 g/mol. The summed E-state index contributed by atoms with van der Waals surface area (Å²) < 4.78 is 13.1. The largest absolute Gasteiger partial charge is 0.322 e. The third kappa shape index (κ3) is 2.07. The van der Waals surface area contributed by atoms with Crippen LogP contribution in [0.5, 0.6) is 0 Å². The Morgan fingerprint density at radius 1 is 1.00 bits per heavy atom. The lowest BCUT2D eigenvalue weighted by molar-refractivity contribution is 0.102. The van der Waals surface area contributed by atoms with Gasteiger partial charge in [-0.25, -0.2) is 4.39 Å². The Morgan fingerprint density at radius 2 is 1.81 bits per heavy atom. The average Bonchev–Trinajstić information content (AvgIpc) is 3.04. The third-order valence-corrected chi connectivity index (χ3v) is 4.93. The highest BCUT2D eigenvalue weighted by molar-refractivity contribution is 6.15. The van der Waals surface area contributed by atoms with Gasteiger partial charge < -0.3 is 10.3 Å². The molecule has 0 saturated carbocycles. The van der Waals surface area contributed by atoms with Crippen molar-refractivity contribution >= 4 is 33.3 Å². The molecule has 1 aromatic heterocycles. The van der Waals surface area contributed by atoms with E-state index < -0.39 is 0 Å². The van der Waals surface area contributed by atoms with E-state index in [2.05, 4.69) is 10.3 Å². The van der Waals surface area contributed by atoms with Gasteiger partial charge in [-0.1, -0.05) is 12.1 Å². The summed E-state index contributed by atoms with van der Waals surface area (Å²) in [5.74, 6) is -0.676. The number of benzene rings is 3. The Balaban J connectivity index is 1.65. The number of carbonyl (C=O) groups excluding carboxylic acids is 1. The van der Waals surface area contributed by atoms with Crippen LogP contribution in [0, 0.1) is 5.82 Å². The molecule has 1 amide bonds. The molecule has 1 aliphatic rings. The highest BCUT2D eigenvalue weighted by Crippen LogP contribution is 2.39. The lowest BCUT2D eigenvalue weighted by atomic mass is 10.1. The number of nitrogens with one attached hydrogen (secondary N) is 2. The molecule has 0 aliphatic heterocycles. The van der Waals surface area contributed by atoms with Gasteiger partial charge in [0.05, 0.1) is 0 Å². The van der Waals surface area contributed by atoms with E-state index in [4.69, 9.17) is 0 Å². The highest BCUT2D eigenvalue weighted by Gasteiger charge is 2.22. The molecule has 2 N–H and O–H groups in total. The first-order valence-electron chi connectivity index (χ1n) is 8.28. The Hall–Kier alpha value is -3.47. The lowest BCUT2D eigenvalue weighted by Crippen LogP contribution is -2.13. The van der Waals surface area contributed by atoms with Gasteiger partial charge in [-0.2, -0.15) is 0 Å². The van der Waals surface area contributed by atoms with Crippen molar-refractivity contribution in [2.45, 2.75) is 6.42 Å². The maximum Gasteiger partial charge on any atom is 0.256 e. The number of hydrogen-bond acceptors (Lipinski definition) is 2. The van der Waals surface area contributed by atoms with Gasteiger partial charge in [-0.05, 0) is 53.6 Å². The normalized spacial score (nSPS) is 12.2. The van der Waals surface area contributed by atoms with Crippen molar-refractivity contribution in [2.24, 2.45) is 0 Å². The van der Waals surface area contributed by atoms with Crippen molar-refractivity contribution in [3.05, 3.63) is 87.5 Å². The van der Waals surface area contributed by atoms with Crippen LogP contribution in [-0.2, 0) is 6.42 Å². The maximum atomic E-state index is 13.1. The summed E-state index contributed by atoms with van der Waals surface area (Å²) in [5.41, 5.74) is 3.82. The van der Waals surface area contributed by atoms with Crippen LogP contribution in [0.4, 0.5) is 10.1 Å². The molecule has 4 nitrogen and oxygen atoms in total. The average molecular weight is 344 g/mol. The number of hydrogen-bond donors (Lipinski definition) is 2. The SMILES string of the molecule is O=C(Nc1ccc2[nH]c(=O)c3cccc4c3c2c1C4)c1ccc(F)cc1. The van der Waals surface area contributed by atoms with Gasteiger partial charge in [0.1, 0.15) is 5.82 Å². The van der Waals surface area contributed by atoms with Crippen molar-refractivity contribution in [2.75, 3.05) is 5.32 Å². The quantitative estimate of drug-likeness (QED) is 0.476. The number of halogens is 1. The molecule has 0 saturated heterocycles. The summed E-state index contributed by atoms with van der Waals surface area (Å²) in [4.78, 5) is 27.7. The smallest absolute Gasteiger partial charge is 0.256 e. The molecule has 0 fully saturated rings. The molecule has 1 heterocycles. The number of carbonyl (C=O) groups is 1. The minimum absolute atomic E-state index is 0.106. The van der Waals surface area contributed by atoms with Gasteiger partial charge in [-0.15, -0.1) is 0 Å². The van der Waals surface area contributed by atoms with Crippen LogP contribution in [0.2, 0.25) is 0 Å². The van der Waals surface area contributed by atoms with E-state index in [1.807, 2.05) is 24.3 Å². The Bertz CT molecular complexity index is 1270. The van der Waals surface area contributed by atoms with Gasteiger partial charge in [-0.3, -0.25) is 9.59 Å². The number of aromatic nitrogens is 1. The summed E-state index contributed by atoms with van der Waals surface area (Å²) in [5, 5.41) is 5.52. The minimum atomic E-state index is -0.382. The fraction of sp³-hybridized carbons (Fsp3) is 0.0476. The molecule has 0 radical (unpaired) electrons. The first-order valence-corrected chi connectivity index (χ1v) is 8.28. The molecule has 1 aliphatic carbocycles. The second-order valence-corrected chi connectivity index (χ2v) is 6.45. The van der Waals surface area contributed by atoms with Crippen molar-refractivity contribution in [3.63, 3.8) is 0 Å². The van der Waals surface area contributed by atoms with E-state index in [1.54, 1.807) is 6.07 Å². The molecular formula is C21H13FN2O2. The fourth-order valence-electron chi connectivity index (χ4n) is 3.75. The van der Waals surface area contributed by atoms with Crippen LogP contribution in [0.3, 0.4) is 0 Å². The first-order chi connectivity index (χ1) is 12.6. The summed E-state index contributed by atoms with van der Waals surface area (Å²) >= 11 is 0. The Morgan fingerprint density at radius 3 is 2.62 bits per heavy atom. The number of aromatic amines is 1. The van der Waals surface area contributed by atoms with Gasteiger partial charge in [0.25, 0.3) is 11.5 Å². The molecule has 0 atom stereocenters. The number of anilines is 1. The second kappa shape index (κ2) is 5.26. The molecule has 0 spiro atoms. The van der Waals surface area contributed by atoms with Gasteiger partial charge in [0.2, 0.25) is 0 Å². The molecule has 5 heteroatoms. The molecule has 4 aromatic rings. The lowest BCUT2D eigenvalue weighted by Gasteiger charge is -2.11. The maximum absolute atomic E-state index is 13.1. The molecule has 0 unspecified atom stereocenters. The predicted molar refractivity (Wildman–Crippen MR) is 99.2 cm³/mol. The standard InChI is InChI=1S/C21H13FN2O2/c22-13-6-4-11(5-7-13)20(25)23-16-8-9-17-19-15(16)10-12-2-1-3-14(18(12)19)21(26)24-17/h1-9H,10H2,(H,23,25)(H,24,26). The number of rotatable bonds is 2. The van der Waals surface area contributed by atoms with Crippen LogP contribution < -0.4 is 10.9 Å². The summed E-state index contributed by atoms with van der Waals surface area (Å²) in [6.07, 6.45) is 0.653. The summed E-state index contributed by atoms with van der Waals surface area (Å²) in [6.45, 7) is 0. The highest BCUT2D eigenvalue weighted by atomic mass is 19.1. The molecule has 3 aromatic carbocycles. The first kappa shape index (κ1) is 14.8. The Labute approximate surface area is 147 Å². The van der Waals surface area contributed by atoms with Gasteiger partial charge >= 0.3 is 0 Å². The van der Waals surface area contributed by atoms with Crippen molar-refractivity contribution in [1.82, 2.24) is 4.98 Å². The number of pyridine rings is 1. The number of amides is 1. The van der Waals surface area contributed by atoms with E-state index in [0.717, 1.165) is 27.4 Å². The number of H-pyrrole nitrogens is 1. The molecule has 0 bridgehead atoms. The van der Waals surface area contributed by atoms with E-state index in [-0.39, 0.29) is 17.3 Å². The van der Waals surface area contributed by atoms with E-state index in [0.29, 0.717) is 23.1 Å². The zero-order valence-electron chi connectivity index (χ0n) is 13.6.